The summed E-state index contributed by atoms with van der Waals surface area (Å²) in [4.78, 5) is 18.4. The lowest BCUT2D eigenvalue weighted by atomic mass is 10.2. The van der Waals surface area contributed by atoms with E-state index >= 15 is 0 Å². The van der Waals surface area contributed by atoms with Gasteiger partial charge >= 0.3 is 0 Å². The Bertz CT molecular complexity index is 894. The van der Waals surface area contributed by atoms with Crippen LogP contribution >= 0.6 is 0 Å². The van der Waals surface area contributed by atoms with Crippen LogP contribution in [0.5, 0.6) is 5.75 Å². The fourth-order valence-electron chi connectivity index (χ4n) is 2.93. The van der Waals surface area contributed by atoms with E-state index in [-0.39, 0.29) is 17.5 Å². The molecule has 1 aliphatic heterocycles. The summed E-state index contributed by atoms with van der Waals surface area (Å²) in [6.07, 6.45) is 3.52. The molecular formula is C17H22N4O4S. The molecule has 140 valence electrons. The second-order valence-corrected chi connectivity index (χ2v) is 8.04. The summed E-state index contributed by atoms with van der Waals surface area (Å²) >= 11 is 0. The van der Waals surface area contributed by atoms with E-state index in [9.17, 15) is 13.2 Å². The Labute approximate surface area is 153 Å². The number of amides is 1. The highest BCUT2D eigenvalue weighted by atomic mass is 32.2. The molecule has 0 aliphatic carbocycles. The van der Waals surface area contributed by atoms with E-state index in [0.29, 0.717) is 37.4 Å². The van der Waals surface area contributed by atoms with E-state index in [0.717, 1.165) is 0 Å². The standard InChI is InChI=1S/C17H22N4O4S/c1-19-12-16(18-13-19)26(23,24)21-8-4-7-20(9-10-21)17(22)14-5-3-6-15(11-14)25-2/h3,5-6,11-13H,4,7-10H2,1-2H3. The molecule has 2 heterocycles. The van der Waals surface area contributed by atoms with Crippen molar-refractivity contribution in [3.8, 4) is 5.75 Å². The minimum absolute atomic E-state index is 0.0348. The third-order valence-corrected chi connectivity index (χ3v) is 6.13. The largest absolute Gasteiger partial charge is 0.497 e. The van der Waals surface area contributed by atoms with Gasteiger partial charge in [0.25, 0.3) is 15.9 Å². The van der Waals surface area contributed by atoms with Gasteiger partial charge in [-0.3, -0.25) is 4.79 Å². The smallest absolute Gasteiger partial charge is 0.262 e. The molecule has 8 nitrogen and oxygen atoms in total. The molecule has 0 radical (unpaired) electrons. The Morgan fingerprint density at radius 3 is 2.69 bits per heavy atom. The summed E-state index contributed by atoms with van der Waals surface area (Å²) < 4.78 is 33.6. The van der Waals surface area contributed by atoms with Crippen molar-refractivity contribution in [2.24, 2.45) is 7.05 Å². The molecular weight excluding hydrogens is 356 g/mol. The minimum Gasteiger partial charge on any atom is -0.497 e. The van der Waals surface area contributed by atoms with Crippen molar-refractivity contribution in [2.75, 3.05) is 33.3 Å². The zero-order valence-corrected chi connectivity index (χ0v) is 15.6. The van der Waals surface area contributed by atoms with Crippen molar-refractivity contribution in [1.82, 2.24) is 18.8 Å². The topological polar surface area (TPSA) is 84.7 Å². The Balaban J connectivity index is 1.72. The first kappa shape index (κ1) is 18.4. The van der Waals surface area contributed by atoms with Crippen LogP contribution in [0, 0.1) is 0 Å². The lowest BCUT2D eigenvalue weighted by molar-refractivity contribution is 0.0764. The Morgan fingerprint density at radius 2 is 2.00 bits per heavy atom. The van der Waals surface area contributed by atoms with E-state index in [1.807, 2.05) is 0 Å². The van der Waals surface area contributed by atoms with Gasteiger partial charge in [0.1, 0.15) is 5.75 Å². The van der Waals surface area contributed by atoms with Gasteiger partial charge in [0.2, 0.25) is 0 Å². The first-order chi connectivity index (χ1) is 12.4. The highest BCUT2D eigenvalue weighted by Crippen LogP contribution is 2.18. The first-order valence-corrected chi connectivity index (χ1v) is 9.77. The second-order valence-electron chi connectivity index (χ2n) is 6.16. The normalized spacial score (nSPS) is 16.3. The summed E-state index contributed by atoms with van der Waals surface area (Å²) in [6, 6.07) is 6.97. The van der Waals surface area contributed by atoms with E-state index in [1.165, 1.54) is 16.8 Å². The maximum atomic E-state index is 12.7. The summed E-state index contributed by atoms with van der Waals surface area (Å²) in [6.45, 7) is 1.45. The Kier molecular flexibility index (Phi) is 5.28. The second kappa shape index (κ2) is 7.46. The average molecular weight is 378 g/mol. The van der Waals surface area contributed by atoms with Gasteiger partial charge in [-0.15, -0.1) is 0 Å². The molecule has 3 rings (SSSR count). The van der Waals surface area contributed by atoms with Gasteiger partial charge < -0.3 is 14.2 Å². The molecule has 9 heteroatoms. The summed E-state index contributed by atoms with van der Waals surface area (Å²) in [7, 11) is -0.369. The molecule has 0 atom stereocenters. The first-order valence-electron chi connectivity index (χ1n) is 8.33. The number of imidazole rings is 1. The number of aryl methyl sites for hydroxylation is 1. The quantitative estimate of drug-likeness (QED) is 0.791. The average Bonchev–Trinajstić information content (AvgIpc) is 2.94. The third kappa shape index (κ3) is 3.73. The monoisotopic (exact) mass is 378 g/mol. The molecule has 0 bridgehead atoms. The van der Waals surface area contributed by atoms with E-state index < -0.39 is 10.0 Å². The minimum atomic E-state index is -3.65. The van der Waals surface area contributed by atoms with Crippen LogP contribution < -0.4 is 4.74 Å². The van der Waals surface area contributed by atoms with Crippen LogP contribution in [0.2, 0.25) is 0 Å². The SMILES string of the molecule is COc1cccc(C(=O)N2CCCN(S(=O)(=O)c3cn(C)cn3)CC2)c1. The summed E-state index contributed by atoms with van der Waals surface area (Å²) in [5, 5.41) is 0.0348. The number of benzene rings is 1. The third-order valence-electron chi connectivity index (χ3n) is 4.34. The van der Waals surface area contributed by atoms with Crippen LogP contribution in [0.25, 0.3) is 0 Å². The van der Waals surface area contributed by atoms with Crippen LogP contribution in [0.4, 0.5) is 0 Å². The van der Waals surface area contributed by atoms with Gasteiger partial charge in [-0.2, -0.15) is 4.31 Å². The maximum Gasteiger partial charge on any atom is 0.262 e. The van der Waals surface area contributed by atoms with Crippen LogP contribution in [0.15, 0.2) is 41.8 Å². The Morgan fingerprint density at radius 1 is 1.19 bits per heavy atom. The summed E-state index contributed by atoms with van der Waals surface area (Å²) in [5.41, 5.74) is 0.533. The van der Waals surface area contributed by atoms with Gasteiger partial charge in [-0.05, 0) is 24.6 Å². The van der Waals surface area contributed by atoms with Crippen molar-refractivity contribution in [3.63, 3.8) is 0 Å². The molecule has 1 aromatic carbocycles. The molecule has 1 saturated heterocycles. The number of carbonyl (C=O) groups excluding carboxylic acids is 1. The number of hydrogen-bond donors (Lipinski definition) is 0. The van der Waals surface area contributed by atoms with E-state index in [4.69, 9.17) is 4.74 Å². The molecule has 1 fully saturated rings. The molecule has 26 heavy (non-hydrogen) atoms. The molecule has 0 saturated carbocycles. The highest BCUT2D eigenvalue weighted by molar-refractivity contribution is 7.89. The molecule has 1 aromatic heterocycles. The van der Waals surface area contributed by atoms with Crippen molar-refractivity contribution in [3.05, 3.63) is 42.4 Å². The zero-order valence-electron chi connectivity index (χ0n) is 14.8. The molecule has 1 amide bonds. The lowest BCUT2D eigenvalue weighted by Gasteiger charge is -2.21. The number of rotatable bonds is 4. The predicted molar refractivity (Wildman–Crippen MR) is 95.5 cm³/mol. The predicted octanol–water partition coefficient (Wildman–Crippen LogP) is 0.965. The fourth-order valence-corrected chi connectivity index (χ4v) is 4.37. The van der Waals surface area contributed by atoms with Crippen molar-refractivity contribution in [2.45, 2.75) is 11.4 Å². The highest BCUT2D eigenvalue weighted by Gasteiger charge is 2.30. The van der Waals surface area contributed by atoms with Gasteiger partial charge in [0.05, 0.1) is 13.4 Å². The van der Waals surface area contributed by atoms with Crippen molar-refractivity contribution in [1.29, 1.82) is 0 Å². The summed E-state index contributed by atoms with van der Waals surface area (Å²) in [5.74, 6) is 0.492. The Hall–Kier alpha value is -2.39. The van der Waals surface area contributed by atoms with Gasteiger partial charge in [0, 0.05) is 45.0 Å². The van der Waals surface area contributed by atoms with Crippen molar-refractivity contribution < 1.29 is 17.9 Å². The molecule has 1 aliphatic rings. The van der Waals surface area contributed by atoms with Gasteiger partial charge in [-0.25, -0.2) is 13.4 Å². The van der Waals surface area contributed by atoms with Crippen LogP contribution in [-0.4, -0.2) is 66.4 Å². The maximum absolute atomic E-state index is 12.7. The lowest BCUT2D eigenvalue weighted by Crippen LogP contribution is -2.37. The molecule has 0 unspecified atom stereocenters. The zero-order chi connectivity index (χ0) is 18.7. The molecule has 0 spiro atoms. The number of nitrogens with zero attached hydrogens (tertiary/aromatic N) is 4. The number of aromatic nitrogens is 2. The van der Waals surface area contributed by atoms with Gasteiger partial charge in [-0.1, -0.05) is 6.07 Å². The number of carbonyl (C=O) groups is 1. The number of methoxy groups -OCH3 is 1. The van der Waals surface area contributed by atoms with E-state index in [2.05, 4.69) is 4.98 Å². The number of ether oxygens (including phenoxy) is 1. The fraction of sp³-hybridized carbons (Fsp3) is 0.412. The van der Waals surface area contributed by atoms with Crippen molar-refractivity contribution >= 4 is 15.9 Å². The van der Waals surface area contributed by atoms with Gasteiger partial charge in [0.15, 0.2) is 5.03 Å². The molecule has 0 N–H and O–H groups in total. The number of sulfonamides is 1. The molecule has 2 aromatic rings. The van der Waals surface area contributed by atoms with Crippen LogP contribution in [0.1, 0.15) is 16.8 Å². The number of hydrogen-bond acceptors (Lipinski definition) is 5. The van der Waals surface area contributed by atoms with E-state index in [1.54, 1.807) is 47.9 Å². The van der Waals surface area contributed by atoms with Crippen LogP contribution in [0.3, 0.4) is 0 Å². The van der Waals surface area contributed by atoms with Crippen LogP contribution in [-0.2, 0) is 17.1 Å².